The molecule has 1 aliphatic rings. The number of carbonyl (C=O) groups excluding carboxylic acids is 1. The summed E-state index contributed by atoms with van der Waals surface area (Å²) in [5, 5.41) is 11.7. The molecule has 0 radical (unpaired) electrons. The molecule has 1 aromatic heterocycles. The van der Waals surface area contributed by atoms with Crippen molar-refractivity contribution in [2.45, 2.75) is 12.8 Å². The maximum atomic E-state index is 12.6. The fourth-order valence-corrected chi connectivity index (χ4v) is 3.17. The second-order valence-electron chi connectivity index (χ2n) is 6.27. The molecule has 4 rings (SSSR count). The Hall–Kier alpha value is -3.72. The van der Waals surface area contributed by atoms with Crippen molar-refractivity contribution in [3.05, 3.63) is 77.6 Å². The first-order valence-corrected chi connectivity index (χ1v) is 8.74. The first-order valence-electron chi connectivity index (χ1n) is 8.74. The Morgan fingerprint density at radius 1 is 1.11 bits per heavy atom. The van der Waals surface area contributed by atoms with E-state index in [1.807, 2.05) is 12.1 Å². The monoisotopic (exact) mass is 355 g/mol. The van der Waals surface area contributed by atoms with Gasteiger partial charge in [0.1, 0.15) is 5.69 Å². The largest absolute Gasteiger partial charge is 0.321 e. The zero-order valence-corrected chi connectivity index (χ0v) is 14.6. The van der Waals surface area contributed by atoms with Gasteiger partial charge in [-0.2, -0.15) is 5.26 Å². The molecule has 2 heterocycles. The Kier molecular flexibility index (Phi) is 4.50. The predicted octanol–water partition coefficient (Wildman–Crippen LogP) is 3.68. The number of nitrogens with one attached hydrogen (secondary N) is 1. The summed E-state index contributed by atoms with van der Waals surface area (Å²) in [6.45, 7) is 0.817. The maximum absolute atomic E-state index is 12.6. The molecule has 27 heavy (non-hydrogen) atoms. The fraction of sp³-hybridized carbons (Fsp3) is 0.143. The molecule has 0 saturated heterocycles. The SMILES string of the molecule is N#Cc1ccc(NC(=O)c2ccnc(N3CCCc4ccccc43)n2)cc1. The Bertz CT molecular complexity index is 1020. The summed E-state index contributed by atoms with van der Waals surface area (Å²) in [5.74, 6) is 0.211. The number of hydrogen-bond acceptors (Lipinski definition) is 5. The minimum absolute atomic E-state index is 0.299. The van der Waals surface area contributed by atoms with Crippen LogP contribution in [-0.4, -0.2) is 22.4 Å². The highest BCUT2D eigenvalue weighted by atomic mass is 16.1. The Morgan fingerprint density at radius 3 is 2.74 bits per heavy atom. The number of carbonyl (C=O) groups is 1. The molecule has 0 atom stereocenters. The smallest absolute Gasteiger partial charge is 0.274 e. The molecule has 6 nitrogen and oxygen atoms in total. The summed E-state index contributed by atoms with van der Waals surface area (Å²) in [5.41, 5.74) is 3.81. The highest BCUT2D eigenvalue weighted by molar-refractivity contribution is 6.03. The van der Waals surface area contributed by atoms with Gasteiger partial charge in [-0.1, -0.05) is 18.2 Å². The number of para-hydroxylation sites is 1. The molecule has 0 fully saturated rings. The van der Waals surface area contributed by atoms with Crippen molar-refractivity contribution in [1.29, 1.82) is 5.26 Å². The molecule has 3 aromatic rings. The molecule has 0 spiro atoms. The number of nitrogens with zero attached hydrogens (tertiary/aromatic N) is 4. The molecule has 2 aromatic carbocycles. The van der Waals surface area contributed by atoms with E-state index in [1.54, 1.807) is 36.5 Å². The third kappa shape index (κ3) is 3.48. The average molecular weight is 355 g/mol. The first kappa shape index (κ1) is 16.7. The van der Waals surface area contributed by atoms with Crippen molar-refractivity contribution in [2.24, 2.45) is 0 Å². The number of rotatable bonds is 3. The normalized spacial score (nSPS) is 12.8. The summed E-state index contributed by atoms with van der Waals surface area (Å²) in [7, 11) is 0. The highest BCUT2D eigenvalue weighted by Crippen LogP contribution is 2.31. The van der Waals surface area contributed by atoms with Gasteiger partial charge in [0.05, 0.1) is 11.6 Å². The number of benzene rings is 2. The van der Waals surface area contributed by atoms with E-state index in [0.717, 1.165) is 25.1 Å². The Labute approximate surface area is 157 Å². The van der Waals surface area contributed by atoms with E-state index in [0.29, 0.717) is 22.9 Å². The van der Waals surface area contributed by atoms with Crippen LogP contribution in [0.25, 0.3) is 0 Å². The molecule has 1 aliphatic heterocycles. The van der Waals surface area contributed by atoms with Crippen molar-refractivity contribution >= 4 is 23.2 Å². The molecule has 0 bridgehead atoms. The fourth-order valence-electron chi connectivity index (χ4n) is 3.17. The molecular formula is C21H17N5O. The van der Waals surface area contributed by atoms with Crippen molar-refractivity contribution in [3.8, 4) is 6.07 Å². The van der Waals surface area contributed by atoms with Crippen molar-refractivity contribution in [1.82, 2.24) is 9.97 Å². The van der Waals surface area contributed by atoms with Gasteiger partial charge in [0.15, 0.2) is 0 Å². The van der Waals surface area contributed by atoms with Crippen LogP contribution in [0.5, 0.6) is 0 Å². The summed E-state index contributed by atoms with van der Waals surface area (Å²) in [4.78, 5) is 23.5. The number of nitriles is 1. The van der Waals surface area contributed by atoms with E-state index in [9.17, 15) is 4.79 Å². The molecular weight excluding hydrogens is 338 g/mol. The van der Waals surface area contributed by atoms with Gasteiger partial charge in [0, 0.05) is 24.1 Å². The van der Waals surface area contributed by atoms with Gasteiger partial charge >= 0.3 is 0 Å². The van der Waals surface area contributed by atoms with Gasteiger partial charge in [-0.3, -0.25) is 4.79 Å². The van der Waals surface area contributed by atoms with Crippen LogP contribution in [0.1, 0.15) is 28.0 Å². The van der Waals surface area contributed by atoms with Crippen LogP contribution in [-0.2, 0) is 6.42 Å². The number of aryl methyl sites for hydroxylation is 1. The van der Waals surface area contributed by atoms with Gasteiger partial charge in [0.25, 0.3) is 5.91 Å². The second-order valence-corrected chi connectivity index (χ2v) is 6.27. The Balaban J connectivity index is 1.57. The molecule has 0 saturated carbocycles. The quantitative estimate of drug-likeness (QED) is 0.775. The number of anilines is 3. The average Bonchev–Trinajstić information content (AvgIpc) is 2.74. The van der Waals surface area contributed by atoms with E-state index in [-0.39, 0.29) is 5.91 Å². The number of amides is 1. The maximum Gasteiger partial charge on any atom is 0.274 e. The van der Waals surface area contributed by atoms with Crippen LogP contribution in [0, 0.1) is 11.3 Å². The highest BCUT2D eigenvalue weighted by Gasteiger charge is 2.21. The molecule has 1 N–H and O–H groups in total. The minimum atomic E-state index is -0.311. The zero-order chi connectivity index (χ0) is 18.6. The third-order valence-corrected chi connectivity index (χ3v) is 4.50. The lowest BCUT2D eigenvalue weighted by atomic mass is 10.0. The van der Waals surface area contributed by atoms with Crippen LogP contribution < -0.4 is 10.2 Å². The lowest BCUT2D eigenvalue weighted by Crippen LogP contribution is -2.27. The summed E-state index contributed by atoms with van der Waals surface area (Å²) in [6, 6.07) is 18.6. The number of aromatic nitrogens is 2. The second kappa shape index (κ2) is 7.26. The van der Waals surface area contributed by atoms with Gasteiger partial charge in [-0.05, 0) is 54.8 Å². The first-order chi connectivity index (χ1) is 13.2. The van der Waals surface area contributed by atoms with Crippen LogP contribution in [0.3, 0.4) is 0 Å². The summed E-state index contributed by atoms with van der Waals surface area (Å²) >= 11 is 0. The lowest BCUT2D eigenvalue weighted by molar-refractivity contribution is 0.102. The third-order valence-electron chi connectivity index (χ3n) is 4.50. The van der Waals surface area contributed by atoms with Gasteiger partial charge in [0.2, 0.25) is 5.95 Å². The van der Waals surface area contributed by atoms with Crippen LogP contribution in [0.15, 0.2) is 60.8 Å². The number of hydrogen-bond donors (Lipinski definition) is 1. The van der Waals surface area contributed by atoms with Crippen molar-refractivity contribution < 1.29 is 4.79 Å². The van der Waals surface area contributed by atoms with Gasteiger partial charge in [-0.25, -0.2) is 9.97 Å². The van der Waals surface area contributed by atoms with Crippen LogP contribution in [0.4, 0.5) is 17.3 Å². The van der Waals surface area contributed by atoms with Crippen LogP contribution in [0.2, 0.25) is 0 Å². The predicted molar refractivity (Wildman–Crippen MR) is 103 cm³/mol. The van der Waals surface area contributed by atoms with Crippen LogP contribution >= 0.6 is 0 Å². The summed E-state index contributed by atoms with van der Waals surface area (Å²) in [6.07, 6.45) is 3.65. The standard InChI is InChI=1S/C21H17N5O/c22-14-15-7-9-17(10-8-15)24-20(27)18-11-12-23-21(25-18)26-13-3-5-16-4-1-2-6-19(16)26/h1-2,4,6-12H,3,5,13H2,(H,24,27). The van der Waals surface area contributed by atoms with E-state index in [1.165, 1.54) is 5.56 Å². The van der Waals surface area contributed by atoms with Crippen molar-refractivity contribution in [3.63, 3.8) is 0 Å². The van der Waals surface area contributed by atoms with Crippen molar-refractivity contribution in [2.75, 3.05) is 16.8 Å². The topological polar surface area (TPSA) is 81.9 Å². The Morgan fingerprint density at radius 2 is 1.93 bits per heavy atom. The molecule has 1 amide bonds. The van der Waals surface area contributed by atoms with E-state index in [2.05, 4.69) is 38.4 Å². The summed E-state index contributed by atoms with van der Waals surface area (Å²) < 4.78 is 0. The molecule has 6 heteroatoms. The van der Waals surface area contributed by atoms with E-state index in [4.69, 9.17) is 5.26 Å². The van der Waals surface area contributed by atoms with E-state index >= 15 is 0 Å². The minimum Gasteiger partial charge on any atom is -0.321 e. The molecule has 132 valence electrons. The molecule has 0 unspecified atom stereocenters. The lowest BCUT2D eigenvalue weighted by Gasteiger charge is -2.29. The van der Waals surface area contributed by atoms with Gasteiger partial charge in [-0.15, -0.1) is 0 Å². The van der Waals surface area contributed by atoms with E-state index < -0.39 is 0 Å². The molecule has 0 aliphatic carbocycles. The zero-order valence-electron chi connectivity index (χ0n) is 14.6. The number of fused-ring (bicyclic) bond motifs is 1. The van der Waals surface area contributed by atoms with Gasteiger partial charge < -0.3 is 10.2 Å².